The predicted octanol–water partition coefficient (Wildman–Crippen LogP) is 5.19. The number of carbonyl (C=O) groups is 1. The highest BCUT2D eigenvalue weighted by atomic mass is 35.5. The fourth-order valence-electron chi connectivity index (χ4n) is 2.47. The number of ether oxygens (including phenoxy) is 1. The molecule has 3 rings (SSSR count). The fourth-order valence-corrected chi connectivity index (χ4v) is 2.66. The lowest BCUT2D eigenvalue weighted by Gasteiger charge is -2.12. The maximum Gasteiger partial charge on any atom is 0.255 e. The van der Waals surface area contributed by atoms with Crippen LogP contribution in [0.15, 0.2) is 54.7 Å². The SMILES string of the molecule is COc1ccc(C)cc1Nc1cc(C(=O)Nc2ccc(F)c(Cl)c2)ccn1. The van der Waals surface area contributed by atoms with Gasteiger partial charge in [-0.05, 0) is 55.0 Å². The van der Waals surface area contributed by atoms with Gasteiger partial charge in [-0.3, -0.25) is 4.79 Å². The van der Waals surface area contributed by atoms with Gasteiger partial charge < -0.3 is 15.4 Å². The first-order valence-electron chi connectivity index (χ1n) is 8.10. The summed E-state index contributed by atoms with van der Waals surface area (Å²) in [6.45, 7) is 1.97. The Bertz CT molecular complexity index is 995. The minimum Gasteiger partial charge on any atom is -0.495 e. The second-order valence-electron chi connectivity index (χ2n) is 5.84. The molecule has 3 aromatic rings. The number of benzene rings is 2. The zero-order chi connectivity index (χ0) is 19.4. The highest BCUT2D eigenvalue weighted by molar-refractivity contribution is 6.31. The molecule has 1 aromatic heterocycles. The lowest BCUT2D eigenvalue weighted by atomic mass is 10.2. The van der Waals surface area contributed by atoms with Gasteiger partial charge >= 0.3 is 0 Å². The van der Waals surface area contributed by atoms with E-state index in [-0.39, 0.29) is 10.9 Å². The molecule has 138 valence electrons. The van der Waals surface area contributed by atoms with Crippen LogP contribution < -0.4 is 15.4 Å². The summed E-state index contributed by atoms with van der Waals surface area (Å²) >= 11 is 5.74. The van der Waals surface area contributed by atoms with E-state index < -0.39 is 5.82 Å². The van der Waals surface area contributed by atoms with Crippen LogP contribution in [0.5, 0.6) is 5.75 Å². The number of pyridine rings is 1. The van der Waals surface area contributed by atoms with Crippen LogP contribution >= 0.6 is 11.6 Å². The number of nitrogens with zero attached hydrogens (tertiary/aromatic N) is 1. The van der Waals surface area contributed by atoms with Crippen molar-refractivity contribution >= 4 is 34.7 Å². The number of carbonyl (C=O) groups excluding carboxylic acids is 1. The van der Waals surface area contributed by atoms with E-state index in [1.807, 2.05) is 25.1 Å². The molecule has 2 aromatic carbocycles. The predicted molar refractivity (Wildman–Crippen MR) is 105 cm³/mol. The van der Waals surface area contributed by atoms with Gasteiger partial charge in [0.1, 0.15) is 17.4 Å². The molecule has 2 N–H and O–H groups in total. The normalized spacial score (nSPS) is 10.4. The largest absolute Gasteiger partial charge is 0.495 e. The van der Waals surface area contributed by atoms with E-state index in [2.05, 4.69) is 15.6 Å². The van der Waals surface area contributed by atoms with Crippen LogP contribution in [-0.2, 0) is 0 Å². The first-order valence-corrected chi connectivity index (χ1v) is 8.48. The number of halogens is 2. The summed E-state index contributed by atoms with van der Waals surface area (Å²) in [5.41, 5.74) is 2.59. The first-order chi connectivity index (χ1) is 13.0. The number of nitrogens with one attached hydrogen (secondary N) is 2. The minimum atomic E-state index is -0.544. The highest BCUT2D eigenvalue weighted by Gasteiger charge is 2.10. The van der Waals surface area contributed by atoms with E-state index >= 15 is 0 Å². The molecular weight excluding hydrogens is 369 g/mol. The smallest absolute Gasteiger partial charge is 0.255 e. The Kier molecular flexibility index (Phi) is 5.57. The lowest BCUT2D eigenvalue weighted by molar-refractivity contribution is 0.102. The van der Waals surface area contributed by atoms with Gasteiger partial charge in [-0.15, -0.1) is 0 Å². The van der Waals surface area contributed by atoms with E-state index in [1.165, 1.54) is 24.4 Å². The Balaban J connectivity index is 1.80. The van der Waals surface area contributed by atoms with Gasteiger partial charge in [-0.25, -0.2) is 9.37 Å². The van der Waals surface area contributed by atoms with Crippen molar-refractivity contribution in [2.24, 2.45) is 0 Å². The molecule has 0 fully saturated rings. The molecule has 0 spiro atoms. The summed E-state index contributed by atoms with van der Waals surface area (Å²) in [5.74, 6) is 0.249. The van der Waals surface area contributed by atoms with E-state index in [4.69, 9.17) is 16.3 Å². The molecule has 1 amide bonds. The van der Waals surface area contributed by atoms with E-state index in [0.29, 0.717) is 22.8 Å². The van der Waals surface area contributed by atoms with Gasteiger partial charge in [-0.2, -0.15) is 0 Å². The summed E-state index contributed by atoms with van der Waals surface area (Å²) in [6.07, 6.45) is 1.52. The molecule has 0 saturated carbocycles. The Morgan fingerprint density at radius 3 is 2.70 bits per heavy atom. The number of amides is 1. The molecule has 0 aliphatic rings. The summed E-state index contributed by atoms with van der Waals surface area (Å²) in [5, 5.41) is 5.77. The first kappa shape index (κ1) is 18.7. The van der Waals surface area contributed by atoms with Crippen molar-refractivity contribution in [3.8, 4) is 5.75 Å². The zero-order valence-electron chi connectivity index (χ0n) is 14.7. The number of rotatable bonds is 5. The topological polar surface area (TPSA) is 63.2 Å². The monoisotopic (exact) mass is 385 g/mol. The van der Waals surface area contributed by atoms with Gasteiger partial charge in [0, 0.05) is 17.4 Å². The van der Waals surface area contributed by atoms with Crippen LogP contribution in [0.3, 0.4) is 0 Å². The zero-order valence-corrected chi connectivity index (χ0v) is 15.5. The van der Waals surface area contributed by atoms with Gasteiger partial charge in [0.15, 0.2) is 0 Å². The fraction of sp³-hybridized carbons (Fsp3) is 0.100. The van der Waals surface area contributed by atoms with Crippen LogP contribution in [0, 0.1) is 12.7 Å². The number of hydrogen-bond donors (Lipinski definition) is 2. The molecule has 7 heteroatoms. The van der Waals surface area contributed by atoms with E-state index in [1.54, 1.807) is 19.2 Å². The van der Waals surface area contributed by atoms with Crippen LogP contribution in [0.1, 0.15) is 15.9 Å². The molecule has 1 heterocycles. The van der Waals surface area contributed by atoms with Gasteiger partial charge in [0.05, 0.1) is 17.8 Å². The summed E-state index contributed by atoms with van der Waals surface area (Å²) in [4.78, 5) is 16.7. The number of aryl methyl sites for hydroxylation is 1. The average molecular weight is 386 g/mol. The Morgan fingerprint density at radius 1 is 1.15 bits per heavy atom. The van der Waals surface area contributed by atoms with Gasteiger partial charge in [0.25, 0.3) is 5.91 Å². The van der Waals surface area contributed by atoms with Crippen molar-refractivity contribution in [1.82, 2.24) is 4.98 Å². The second kappa shape index (κ2) is 8.05. The van der Waals surface area contributed by atoms with Crippen molar-refractivity contribution in [2.45, 2.75) is 6.92 Å². The average Bonchev–Trinajstić information content (AvgIpc) is 2.65. The quantitative estimate of drug-likeness (QED) is 0.634. The minimum absolute atomic E-state index is 0.0589. The third kappa shape index (κ3) is 4.54. The molecule has 27 heavy (non-hydrogen) atoms. The maximum absolute atomic E-state index is 13.2. The molecular formula is C20H17ClFN3O2. The molecule has 0 radical (unpaired) electrons. The standard InChI is InChI=1S/C20H17ClFN3O2/c1-12-3-6-18(27-2)17(9-12)25-19-10-13(7-8-23-19)20(26)24-14-4-5-16(22)15(21)11-14/h3-11H,1-2H3,(H,23,25)(H,24,26). The number of anilines is 3. The third-order valence-electron chi connectivity index (χ3n) is 3.82. The van der Waals surface area contributed by atoms with Crippen molar-refractivity contribution in [3.05, 3.63) is 76.7 Å². The van der Waals surface area contributed by atoms with E-state index in [0.717, 1.165) is 11.3 Å². The Labute approximate surface area is 161 Å². The molecule has 0 aliphatic carbocycles. The molecule has 0 aliphatic heterocycles. The number of methoxy groups -OCH3 is 1. The van der Waals surface area contributed by atoms with Crippen LogP contribution in [0.2, 0.25) is 5.02 Å². The highest BCUT2D eigenvalue weighted by Crippen LogP contribution is 2.28. The number of aromatic nitrogens is 1. The molecule has 0 saturated heterocycles. The number of hydrogen-bond acceptors (Lipinski definition) is 4. The van der Waals surface area contributed by atoms with Crippen molar-refractivity contribution < 1.29 is 13.9 Å². The summed E-state index contributed by atoms with van der Waals surface area (Å²) < 4.78 is 18.6. The van der Waals surface area contributed by atoms with Crippen molar-refractivity contribution in [2.75, 3.05) is 17.7 Å². The maximum atomic E-state index is 13.2. The molecule has 0 atom stereocenters. The van der Waals surface area contributed by atoms with Crippen LogP contribution in [0.4, 0.5) is 21.6 Å². The van der Waals surface area contributed by atoms with Crippen molar-refractivity contribution in [3.63, 3.8) is 0 Å². The molecule has 5 nitrogen and oxygen atoms in total. The summed E-state index contributed by atoms with van der Waals surface area (Å²) in [7, 11) is 1.58. The lowest BCUT2D eigenvalue weighted by Crippen LogP contribution is -2.12. The third-order valence-corrected chi connectivity index (χ3v) is 4.11. The van der Waals surface area contributed by atoms with Crippen LogP contribution in [0.25, 0.3) is 0 Å². The van der Waals surface area contributed by atoms with Gasteiger partial charge in [0.2, 0.25) is 0 Å². The summed E-state index contributed by atoms with van der Waals surface area (Å²) in [6, 6.07) is 12.9. The second-order valence-corrected chi connectivity index (χ2v) is 6.25. The van der Waals surface area contributed by atoms with Crippen molar-refractivity contribution in [1.29, 1.82) is 0 Å². The Morgan fingerprint density at radius 2 is 1.96 bits per heavy atom. The van der Waals surface area contributed by atoms with Gasteiger partial charge in [-0.1, -0.05) is 17.7 Å². The molecule has 0 unspecified atom stereocenters. The Hall–Kier alpha value is -3.12. The molecule has 0 bridgehead atoms. The van der Waals surface area contributed by atoms with E-state index in [9.17, 15) is 9.18 Å². The van der Waals surface area contributed by atoms with Crippen LogP contribution in [-0.4, -0.2) is 18.0 Å².